The van der Waals surface area contributed by atoms with Gasteiger partial charge in [-0.05, 0) is 31.5 Å². The SMILES string of the molecule is Cc1cccc(-n2nccc2CCBr)n1. The van der Waals surface area contributed by atoms with Crippen molar-refractivity contribution in [3.05, 3.63) is 41.9 Å². The van der Waals surface area contributed by atoms with E-state index in [0.717, 1.165) is 23.3 Å². The molecule has 2 aromatic heterocycles. The van der Waals surface area contributed by atoms with Gasteiger partial charge in [-0.1, -0.05) is 22.0 Å². The predicted molar refractivity (Wildman–Crippen MR) is 63.6 cm³/mol. The first-order chi connectivity index (χ1) is 7.31. The predicted octanol–water partition coefficient (Wildman–Crippen LogP) is 2.51. The van der Waals surface area contributed by atoms with E-state index < -0.39 is 0 Å². The largest absolute Gasteiger partial charge is 0.234 e. The van der Waals surface area contributed by atoms with E-state index in [1.54, 1.807) is 0 Å². The lowest BCUT2D eigenvalue weighted by atomic mass is 10.3. The molecule has 15 heavy (non-hydrogen) atoms. The van der Waals surface area contributed by atoms with Crippen LogP contribution >= 0.6 is 15.9 Å². The van der Waals surface area contributed by atoms with Crippen molar-refractivity contribution in [1.29, 1.82) is 0 Å². The Kier molecular flexibility index (Phi) is 3.16. The maximum absolute atomic E-state index is 4.44. The van der Waals surface area contributed by atoms with Crippen LogP contribution in [0, 0.1) is 6.92 Å². The molecule has 0 bridgehead atoms. The number of alkyl halides is 1. The molecular formula is C11H12BrN3. The minimum Gasteiger partial charge on any atom is -0.234 e. The van der Waals surface area contributed by atoms with Gasteiger partial charge < -0.3 is 0 Å². The van der Waals surface area contributed by atoms with Gasteiger partial charge in [0.05, 0.1) is 0 Å². The summed E-state index contributed by atoms with van der Waals surface area (Å²) < 4.78 is 1.88. The van der Waals surface area contributed by atoms with Crippen LogP contribution in [0.5, 0.6) is 0 Å². The van der Waals surface area contributed by atoms with Gasteiger partial charge in [0, 0.05) is 22.9 Å². The average Bonchev–Trinajstić information content (AvgIpc) is 2.66. The molecule has 2 aromatic rings. The summed E-state index contributed by atoms with van der Waals surface area (Å²) in [5, 5.41) is 5.21. The molecule has 0 N–H and O–H groups in total. The Bertz CT molecular complexity index is 451. The Morgan fingerprint density at radius 2 is 2.20 bits per heavy atom. The number of rotatable bonds is 3. The summed E-state index contributed by atoms with van der Waals surface area (Å²) in [6.07, 6.45) is 2.76. The molecule has 4 heteroatoms. The first-order valence-corrected chi connectivity index (χ1v) is 5.96. The summed E-state index contributed by atoms with van der Waals surface area (Å²) in [7, 11) is 0. The number of hydrogen-bond donors (Lipinski definition) is 0. The Balaban J connectivity index is 2.40. The van der Waals surface area contributed by atoms with Crippen LogP contribution in [0.2, 0.25) is 0 Å². The van der Waals surface area contributed by atoms with Crippen LogP contribution in [0.25, 0.3) is 5.82 Å². The van der Waals surface area contributed by atoms with E-state index in [2.05, 4.69) is 26.0 Å². The Labute approximate surface area is 97.3 Å². The van der Waals surface area contributed by atoms with E-state index in [1.807, 2.05) is 42.1 Å². The van der Waals surface area contributed by atoms with Crippen molar-refractivity contribution in [2.45, 2.75) is 13.3 Å². The molecule has 0 saturated heterocycles. The van der Waals surface area contributed by atoms with Crippen LogP contribution in [0.15, 0.2) is 30.5 Å². The van der Waals surface area contributed by atoms with Gasteiger partial charge in [-0.15, -0.1) is 0 Å². The Hall–Kier alpha value is -1.16. The van der Waals surface area contributed by atoms with Crippen molar-refractivity contribution >= 4 is 15.9 Å². The number of hydrogen-bond acceptors (Lipinski definition) is 2. The number of halogens is 1. The van der Waals surface area contributed by atoms with Crippen molar-refractivity contribution in [2.75, 3.05) is 5.33 Å². The molecule has 0 aromatic carbocycles. The normalized spacial score (nSPS) is 10.5. The van der Waals surface area contributed by atoms with E-state index >= 15 is 0 Å². The van der Waals surface area contributed by atoms with Crippen LogP contribution in [-0.2, 0) is 6.42 Å². The van der Waals surface area contributed by atoms with Gasteiger partial charge in [-0.25, -0.2) is 9.67 Å². The van der Waals surface area contributed by atoms with Crippen molar-refractivity contribution in [3.63, 3.8) is 0 Å². The van der Waals surface area contributed by atoms with E-state index in [4.69, 9.17) is 0 Å². The molecule has 0 spiro atoms. The summed E-state index contributed by atoms with van der Waals surface area (Å²) in [5.41, 5.74) is 2.18. The minimum absolute atomic E-state index is 0.885. The Morgan fingerprint density at radius 1 is 1.33 bits per heavy atom. The second-order valence-corrected chi connectivity index (χ2v) is 4.10. The maximum Gasteiger partial charge on any atom is 0.153 e. The third-order valence-corrected chi connectivity index (χ3v) is 2.56. The third kappa shape index (κ3) is 2.26. The zero-order valence-electron chi connectivity index (χ0n) is 8.52. The van der Waals surface area contributed by atoms with Gasteiger partial charge >= 0.3 is 0 Å². The molecule has 0 unspecified atom stereocenters. The fourth-order valence-electron chi connectivity index (χ4n) is 1.47. The van der Waals surface area contributed by atoms with E-state index in [0.29, 0.717) is 0 Å². The zero-order valence-corrected chi connectivity index (χ0v) is 10.1. The minimum atomic E-state index is 0.885. The molecule has 0 aliphatic heterocycles. The molecule has 0 atom stereocenters. The molecule has 0 saturated carbocycles. The van der Waals surface area contributed by atoms with Gasteiger partial charge in [-0.3, -0.25) is 0 Å². The fourth-order valence-corrected chi connectivity index (χ4v) is 1.88. The molecule has 78 valence electrons. The number of aromatic nitrogens is 3. The van der Waals surface area contributed by atoms with E-state index in [-0.39, 0.29) is 0 Å². The first-order valence-electron chi connectivity index (χ1n) is 4.84. The maximum atomic E-state index is 4.44. The summed E-state index contributed by atoms with van der Waals surface area (Å²) in [6, 6.07) is 7.97. The zero-order chi connectivity index (χ0) is 10.7. The quantitative estimate of drug-likeness (QED) is 0.799. The third-order valence-electron chi connectivity index (χ3n) is 2.16. The summed E-state index contributed by atoms with van der Waals surface area (Å²) >= 11 is 3.43. The number of pyridine rings is 1. The first kappa shape index (κ1) is 10.4. The van der Waals surface area contributed by atoms with Crippen LogP contribution in [-0.4, -0.2) is 20.1 Å². The molecular weight excluding hydrogens is 254 g/mol. The van der Waals surface area contributed by atoms with Crippen LogP contribution in [0.4, 0.5) is 0 Å². The van der Waals surface area contributed by atoms with Gasteiger partial charge in [0.15, 0.2) is 5.82 Å². The van der Waals surface area contributed by atoms with E-state index in [9.17, 15) is 0 Å². The lowest BCUT2D eigenvalue weighted by Crippen LogP contribution is -2.05. The lowest BCUT2D eigenvalue weighted by molar-refractivity contribution is 0.789. The van der Waals surface area contributed by atoms with Crippen molar-refractivity contribution < 1.29 is 0 Å². The van der Waals surface area contributed by atoms with Crippen molar-refractivity contribution in [3.8, 4) is 5.82 Å². The number of nitrogens with zero attached hydrogens (tertiary/aromatic N) is 3. The standard InChI is InChI=1S/C11H12BrN3/c1-9-3-2-4-11(14-9)15-10(5-7-12)6-8-13-15/h2-4,6,8H,5,7H2,1H3. The molecule has 0 amide bonds. The highest BCUT2D eigenvalue weighted by Crippen LogP contribution is 2.09. The summed E-state index contributed by atoms with van der Waals surface area (Å²) in [6.45, 7) is 1.98. The average molecular weight is 266 g/mol. The second-order valence-electron chi connectivity index (χ2n) is 3.31. The van der Waals surface area contributed by atoms with E-state index in [1.165, 1.54) is 5.69 Å². The highest BCUT2D eigenvalue weighted by molar-refractivity contribution is 9.09. The lowest BCUT2D eigenvalue weighted by Gasteiger charge is -2.05. The molecule has 0 fully saturated rings. The van der Waals surface area contributed by atoms with Gasteiger partial charge in [-0.2, -0.15) is 5.10 Å². The molecule has 0 aliphatic rings. The van der Waals surface area contributed by atoms with Crippen LogP contribution < -0.4 is 0 Å². The second kappa shape index (κ2) is 4.57. The smallest absolute Gasteiger partial charge is 0.153 e. The fraction of sp³-hybridized carbons (Fsp3) is 0.273. The van der Waals surface area contributed by atoms with Gasteiger partial charge in [0.25, 0.3) is 0 Å². The number of aryl methyl sites for hydroxylation is 2. The van der Waals surface area contributed by atoms with Crippen molar-refractivity contribution in [2.24, 2.45) is 0 Å². The summed E-state index contributed by atoms with van der Waals surface area (Å²) in [5.74, 6) is 0.885. The highest BCUT2D eigenvalue weighted by atomic mass is 79.9. The topological polar surface area (TPSA) is 30.7 Å². The molecule has 0 radical (unpaired) electrons. The van der Waals surface area contributed by atoms with Crippen LogP contribution in [0.3, 0.4) is 0 Å². The van der Waals surface area contributed by atoms with Crippen molar-refractivity contribution in [1.82, 2.24) is 14.8 Å². The van der Waals surface area contributed by atoms with Gasteiger partial charge in [0.1, 0.15) is 0 Å². The summed E-state index contributed by atoms with van der Waals surface area (Å²) in [4.78, 5) is 4.44. The molecule has 3 nitrogen and oxygen atoms in total. The van der Waals surface area contributed by atoms with Crippen LogP contribution in [0.1, 0.15) is 11.4 Å². The molecule has 2 rings (SSSR count). The van der Waals surface area contributed by atoms with Gasteiger partial charge in [0.2, 0.25) is 0 Å². The molecule has 0 aliphatic carbocycles. The monoisotopic (exact) mass is 265 g/mol. The highest BCUT2D eigenvalue weighted by Gasteiger charge is 2.04. The molecule has 2 heterocycles. The Morgan fingerprint density at radius 3 is 2.93 bits per heavy atom.